The Kier molecular flexibility index (Phi) is 5.89. The van der Waals surface area contributed by atoms with Gasteiger partial charge in [0, 0.05) is 26.1 Å². The van der Waals surface area contributed by atoms with Crippen LogP contribution in [0, 0.1) is 11.7 Å². The molecule has 2 N–H and O–H groups in total. The van der Waals surface area contributed by atoms with E-state index in [2.05, 4.69) is 10.6 Å². The first kappa shape index (κ1) is 17.7. The fourth-order valence-electron chi connectivity index (χ4n) is 3.84. The van der Waals surface area contributed by atoms with E-state index in [1.807, 2.05) is 6.07 Å². The number of nitrogens with one attached hydrogen (secondary N) is 2. The molecule has 1 aromatic carbocycles. The molecule has 6 heteroatoms. The quantitative estimate of drug-likeness (QED) is 0.796. The topological polar surface area (TPSA) is 61.4 Å². The number of hydrogen-bond donors (Lipinski definition) is 2. The van der Waals surface area contributed by atoms with Gasteiger partial charge in [0.15, 0.2) is 0 Å². The molecule has 0 radical (unpaired) electrons. The summed E-state index contributed by atoms with van der Waals surface area (Å²) in [7, 11) is 0. The fraction of sp³-hybridized carbons (Fsp3) is 0.579. The van der Waals surface area contributed by atoms with E-state index in [-0.39, 0.29) is 23.8 Å². The van der Waals surface area contributed by atoms with E-state index < -0.39 is 0 Å². The van der Waals surface area contributed by atoms with E-state index in [1.54, 1.807) is 11.0 Å². The van der Waals surface area contributed by atoms with Crippen molar-refractivity contribution in [2.75, 3.05) is 19.6 Å². The zero-order valence-corrected chi connectivity index (χ0v) is 14.5. The minimum atomic E-state index is -0.285. The maximum absolute atomic E-state index is 13.5. The predicted molar refractivity (Wildman–Crippen MR) is 93.6 cm³/mol. The van der Waals surface area contributed by atoms with Gasteiger partial charge in [-0.05, 0) is 42.9 Å². The minimum absolute atomic E-state index is 0.0516. The van der Waals surface area contributed by atoms with Crippen molar-refractivity contribution in [2.24, 2.45) is 5.92 Å². The third-order valence-electron chi connectivity index (χ3n) is 5.17. The Morgan fingerprint density at radius 1 is 1.36 bits per heavy atom. The van der Waals surface area contributed by atoms with Crippen molar-refractivity contribution < 1.29 is 14.0 Å². The highest BCUT2D eigenvalue weighted by atomic mass is 19.1. The van der Waals surface area contributed by atoms with Crippen molar-refractivity contribution in [1.82, 2.24) is 15.5 Å². The summed E-state index contributed by atoms with van der Waals surface area (Å²) in [4.78, 5) is 26.0. The van der Waals surface area contributed by atoms with E-state index in [1.165, 1.54) is 25.0 Å². The van der Waals surface area contributed by atoms with Gasteiger partial charge in [0.25, 0.3) is 0 Å². The lowest BCUT2D eigenvalue weighted by atomic mass is 10.0. The number of amides is 3. The number of carbonyl (C=O) groups is 2. The number of halogens is 1. The largest absolute Gasteiger partial charge is 0.354 e. The van der Waals surface area contributed by atoms with Crippen LogP contribution in [0.2, 0.25) is 0 Å². The van der Waals surface area contributed by atoms with Gasteiger partial charge in [-0.1, -0.05) is 25.0 Å². The molecule has 136 valence electrons. The van der Waals surface area contributed by atoms with Crippen LogP contribution in [0.3, 0.4) is 0 Å². The summed E-state index contributed by atoms with van der Waals surface area (Å²) >= 11 is 0. The van der Waals surface area contributed by atoms with Crippen molar-refractivity contribution in [2.45, 2.75) is 44.6 Å². The molecule has 2 aliphatic rings. The average Bonchev–Trinajstić information content (AvgIpc) is 3.23. The monoisotopic (exact) mass is 347 g/mol. The van der Waals surface area contributed by atoms with Crippen LogP contribution >= 0.6 is 0 Å². The van der Waals surface area contributed by atoms with Gasteiger partial charge < -0.3 is 15.5 Å². The van der Waals surface area contributed by atoms with Gasteiger partial charge in [-0.15, -0.1) is 0 Å². The molecule has 1 aliphatic heterocycles. The lowest BCUT2D eigenvalue weighted by Crippen LogP contribution is -2.46. The van der Waals surface area contributed by atoms with Gasteiger partial charge in [-0.25, -0.2) is 9.18 Å². The van der Waals surface area contributed by atoms with Crippen LogP contribution in [0.25, 0.3) is 0 Å². The summed E-state index contributed by atoms with van der Waals surface area (Å²) in [6, 6.07) is 6.13. The molecule has 0 bridgehead atoms. The van der Waals surface area contributed by atoms with Crippen LogP contribution in [0.1, 0.15) is 37.7 Å². The molecule has 25 heavy (non-hydrogen) atoms. The number of rotatable bonds is 7. The maximum Gasteiger partial charge on any atom is 0.317 e. The van der Waals surface area contributed by atoms with E-state index in [0.29, 0.717) is 38.4 Å². The molecule has 0 aromatic heterocycles. The van der Waals surface area contributed by atoms with Gasteiger partial charge in [0.1, 0.15) is 5.82 Å². The third-order valence-corrected chi connectivity index (χ3v) is 5.17. The molecule has 3 amide bonds. The highest BCUT2D eigenvalue weighted by molar-refractivity contribution is 5.77. The first-order chi connectivity index (χ1) is 12.1. The van der Waals surface area contributed by atoms with Crippen molar-refractivity contribution >= 4 is 11.9 Å². The minimum Gasteiger partial charge on any atom is -0.354 e. The van der Waals surface area contributed by atoms with Crippen molar-refractivity contribution in [1.29, 1.82) is 0 Å². The molecule has 1 aliphatic carbocycles. The molecule has 1 saturated carbocycles. The summed E-state index contributed by atoms with van der Waals surface area (Å²) in [5, 5.41) is 5.78. The molecule has 3 rings (SSSR count). The zero-order chi connectivity index (χ0) is 17.6. The Morgan fingerprint density at radius 3 is 2.84 bits per heavy atom. The van der Waals surface area contributed by atoms with Gasteiger partial charge in [0.05, 0.1) is 6.04 Å². The van der Waals surface area contributed by atoms with Crippen LogP contribution < -0.4 is 10.6 Å². The number of urea groups is 1. The number of carbonyl (C=O) groups excluding carboxylic acids is 2. The van der Waals surface area contributed by atoms with Crippen LogP contribution in [0.15, 0.2) is 24.3 Å². The molecule has 1 atom stereocenters. The number of hydrogen-bond acceptors (Lipinski definition) is 2. The van der Waals surface area contributed by atoms with E-state index in [4.69, 9.17) is 0 Å². The maximum atomic E-state index is 13.5. The summed E-state index contributed by atoms with van der Waals surface area (Å²) in [5.74, 6) is 0.264. The van der Waals surface area contributed by atoms with Crippen molar-refractivity contribution in [3.63, 3.8) is 0 Å². The zero-order valence-electron chi connectivity index (χ0n) is 14.5. The molecule has 0 spiro atoms. The molecule has 1 saturated heterocycles. The first-order valence-corrected chi connectivity index (χ1v) is 9.17. The molecule has 2 fully saturated rings. The molecule has 1 unspecified atom stereocenters. The SMILES string of the molecule is O=C(CC1CCCC1)NCC(Cc1cccc(F)c1)N1CCNC1=O. The highest BCUT2D eigenvalue weighted by Gasteiger charge is 2.28. The van der Waals surface area contributed by atoms with E-state index >= 15 is 0 Å². The average molecular weight is 347 g/mol. The van der Waals surface area contributed by atoms with Crippen molar-refractivity contribution in [3.8, 4) is 0 Å². The van der Waals surface area contributed by atoms with Crippen LogP contribution in [-0.2, 0) is 11.2 Å². The van der Waals surface area contributed by atoms with E-state index in [0.717, 1.165) is 18.4 Å². The van der Waals surface area contributed by atoms with Crippen LogP contribution in [0.4, 0.5) is 9.18 Å². The predicted octanol–water partition coefficient (Wildman–Crippen LogP) is 2.46. The van der Waals surface area contributed by atoms with E-state index in [9.17, 15) is 14.0 Å². The summed E-state index contributed by atoms with van der Waals surface area (Å²) in [5.41, 5.74) is 0.828. The fourth-order valence-corrected chi connectivity index (χ4v) is 3.84. The summed E-state index contributed by atoms with van der Waals surface area (Å²) in [6.45, 7) is 1.61. The van der Waals surface area contributed by atoms with Gasteiger partial charge in [-0.3, -0.25) is 4.79 Å². The lowest BCUT2D eigenvalue weighted by Gasteiger charge is -2.27. The Balaban J connectivity index is 1.59. The second kappa shape index (κ2) is 8.32. The Hall–Kier alpha value is -2.11. The molecular formula is C19H26FN3O2. The van der Waals surface area contributed by atoms with Gasteiger partial charge in [0.2, 0.25) is 5.91 Å². The van der Waals surface area contributed by atoms with Gasteiger partial charge in [-0.2, -0.15) is 0 Å². The second-order valence-corrected chi connectivity index (χ2v) is 7.07. The number of nitrogens with zero attached hydrogens (tertiary/aromatic N) is 1. The molecule has 1 heterocycles. The first-order valence-electron chi connectivity index (χ1n) is 9.17. The summed E-state index contributed by atoms with van der Waals surface area (Å²) < 4.78 is 13.5. The van der Waals surface area contributed by atoms with Crippen molar-refractivity contribution in [3.05, 3.63) is 35.6 Å². The van der Waals surface area contributed by atoms with Crippen LogP contribution in [0.5, 0.6) is 0 Å². The Labute approximate surface area is 148 Å². The lowest BCUT2D eigenvalue weighted by molar-refractivity contribution is -0.122. The van der Waals surface area contributed by atoms with Crippen LogP contribution in [-0.4, -0.2) is 42.5 Å². The summed E-state index contributed by atoms with van der Waals surface area (Å²) in [6.07, 6.45) is 5.79. The second-order valence-electron chi connectivity index (χ2n) is 7.07. The molecular weight excluding hydrogens is 321 g/mol. The third kappa shape index (κ3) is 4.94. The normalized spacial score (nSPS) is 19.1. The standard InChI is InChI=1S/C19H26FN3O2/c20-16-7-3-6-15(10-16)11-17(23-9-8-21-19(23)25)13-22-18(24)12-14-4-1-2-5-14/h3,6-7,10,14,17H,1-2,4-5,8-9,11-13H2,(H,21,25)(H,22,24). The number of benzene rings is 1. The Bertz CT molecular complexity index is 616. The van der Waals surface area contributed by atoms with Gasteiger partial charge >= 0.3 is 6.03 Å². The molecule has 5 nitrogen and oxygen atoms in total. The Morgan fingerprint density at radius 2 is 2.16 bits per heavy atom. The highest BCUT2D eigenvalue weighted by Crippen LogP contribution is 2.27. The smallest absolute Gasteiger partial charge is 0.317 e. The molecule has 1 aromatic rings.